The van der Waals surface area contributed by atoms with E-state index in [9.17, 15) is 9.70 Å². The standard InChI is InChI=1S/C18H13ClIN5O2/c19-18-22-10-15(20)16(24-18)21-9-11-3-1-5-13(7-11)23-17(26)12-4-2-6-14(8-12)25-27/h1-8,10H,9H2,(H,23,26)(H,21,22,24). The van der Waals surface area contributed by atoms with Gasteiger partial charge in [-0.2, -0.15) is 4.98 Å². The molecule has 0 unspecified atom stereocenters. The van der Waals surface area contributed by atoms with Crippen LogP contribution in [-0.4, -0.2) is 15.9 Å². The molecule has 0 saturated carbocycles. The lowest BCUT2D eigenvalue weighted by atomic mass is 10.1. The normalized spacial score (nSPS) is 10.3. The maximum absolute atomic E-state index is 12.4. The lowest BCUT2D eigenvalue weighted by Crippen LogP contribution is -2.12. The molecule has 0 aliphatic carbocycles. The van der Waals surface area contributed by atoms with Crippen LogP contribution in [-0.2, 0) is 6.54 Å². The summed E-state index contributed by atoms with van der Waals surface area (Å²) in [7, 11) is 0. The average Bonchev–Trinajstić information content (AvgIpc) is 2.69. The highest BCUT2D eigenvalue weighted by atomic mass is 127. The van der Waals surface area contributed by atoms with E-state index in [1.165, 1.54) is 12.1 Å². The molecule has 0 spiro atoms. The van der Waals surface area contributed by atoms with Gasteiger partial charge >= 0.3 is 0 Å². The first-order chi connectivity index (χ1) is 13.0. The van der Waals surface area contributed by atoms with E-state index in [2.05, 4.69) is 48.4 Å². The Labute approximate surface area is 173 Å². The number of benzene rings is 2. The molecule has 1 amide bonds. The predicted octanol–water partition coefficient (Wildman–Crippen LogP) is 5.00. The molecule has 7 nitrogen and oxygen atoms in total. The van der Waals surface area contributed by atoms with Gasteiger partial charge in [0.2, 0.25) is 5.28 Å². The van der Waals surface area contributed by atoms with Crippen molar-refractivity contribution in [3.05, 3.63) is 79.6 Å². The zero-order valence-electron chi connectivity index (χ0n) is 13.8. The smallest absolute Gasteiger partial charge is 0.255 e. The van der Waals surface area contributed by atoms with Crippen LogP contribution in [0, 0.1) is 8.48 Å². The fourth-order valence-corrected chi connectivity index (χ4v) is 2.91. The number of hydrogen-bond donors (Lipinski definition) is 2. The molecule has 0 fully saturated rings. The summed E-state index contributed by atoms with van der Waals surface area (Å²) in [5, 5.41) is 9.02. The number of rotatable bonds is 6. The first kappa shape index (κ1) is 19.2. The monoisotopic (exact) mass is 493 g/mol. The topological polar surface area (TPSA) is 96.3 Å². The minimum atomic E-state index is -0.317. The molecular weight excluding hydrogens is 481 g/mol. The van der Waals surface area contributed by atoms with E-state index in [-0.39, 0.29) is 16.9 Å². The van der Waals surface area contributed by atoms with Gasteiger partial charge in [-0.25, -0.2) is 4.98 Å². The number of nitroso groups, excluding NO2 is 1. The Bertz CT molecular complexity index is 999. The molecular formula is C18H13ClIN5O2. The van der Waals surface area contributed by atoms with Crippen LogP contribution >= 0.6 is 34.2 Å². The van der Waals surface area contributed by atoms with Crippen molar-refractivity contribution in [2.75, 3.05) is 10.6 Å². The Morgan fingerprint density at radius 2 is 2.00 bits per heavy atom. The van der Waals surface area contributed by atoms with Crippen LogP contribution in [0.25, 0.3) is 0 Å². The van der Waals surface area contributed by atoms with E-state index in [1.54, 1.807) is 24.4 Å². The Hall–Kier alpha value is -2.59. The SMILES string of the molecule is O=Nc1cccc(C(=O)Nc2cccc(CNc3nc(Cl)ncc3I)c2)c1. The third kappa shape index (κ3) is 5.20. The first-order valence-electron chi connectivity index (χ1n) is 7.81. The highest BCUT2D eigenvalue weighted by molar-refractivity contribution is 14.1. The van der Waals surface area contributed by atoms with Crippen LogP contribution in [0.15, 0.2) is 59.9 Å². The summed E-state index contributed by atoms with van der Waals surface area (Å²) in [5.41, 5.74) is 2.15. The molecule has 0 bridgehead atoms. The molecule has 0 saturated heterocycles. The molecule has 0 aliphatic heterocycles. The fourth-order valence-electron chi connectivity index (χ4n) is 2.32. The lowest BCUT2D eigenvalue weighted by Gasteiger charge is -2.10. The number of carbonyl (C=O) groups is 1. The van der Waals surface area contributed by atoms with Crippen molar-refractivity contribution >= 4 is 57.3 Å². The summed E-state index contributed by atoms with van der Waals surface area (Å²) in [6.45, 7) is 0.498. The minimum Gasteiger partial charge on any atom is -0.365 e. The largest absolute Gasteiger partial charge is 0.365 e. The van der Waals surface area contributed by atoms with Gasteiger partial charge < -0.3 is 10.6 Å². The Morgan fingerprint density at radius 3 is 2.81 bits per heavy atom. The van der Waals surface area contributed by atoms with E-state index >= 15 is 0 Å². The van der Waals surface area contributed by atoms with Gasteiger partial charge in [0.15, 0.2) is 0 Å². The summed E-state index contributed by atoms with van der Waals surface area (Å²) >= 11 is 7.94. The first-order valence-corrected chi connectivity index (χ1v) is 9.26. The van der Waals surface area contributed by atoms with Gasteiger partial charge in [0.25, 0.3) is 5.91 Å². The van der Waals surface area contributed by atoms with Crippen LogP contribution in [0.4, 0.5) is 17.2 Å². The highest BCUT2D eigenvalue weighted by Gasteiger charge is 2.08. The lowest BCUT2D eigenvalue weighted by molar-refractivity contribution is 0.102. The van der Waals surface area contributed by atoms with Gasteiger partial charge in [-0.1, -0.05) is 18.2 Å². The summed E-state index contributed by atoms with van der Waals surface area (Å²) < 4.78 is 0.852. The Morgan fingerprint density at radius 1 is 1.19 bits per heavy atom. The van der Waals surface area contributed by atoms with Gasteiger partial charge in [0.1, 0.15) is 11.5 Å². The second-order valence-electron chi connectivity index (χ2n) is 5.49. The molecule has 0 atom stereocenters. The van der Waals surface area contributed by atoms with Crippen molar-refractivity contribution in [3.8, 4) is 0 Å². The van der Waals surface area contributed by atoms with Gasteiger partial charge in [-0.3, -0.25) is 4.79 Å². The third-order valence-electron chi connectivity index (χ3n) is 3.57. The van der Waals surface area contributed by atoms with Crippen LogP contribution in [0.1, 0.15) is 15.9 Å². The molecule has 3 rings (SSSR count). The summed E-state index contributed by atoms with van der Waals surface area (Å²) in [4.78, 5) is 31.0. The molecule has 2 N–H and O–H groups in total. The van der Waals surface area contributed by atoms with E-state index in [0.717, 1.165) is 9.13 Å². The molecule has 1 heterocycles. The summed E-state index contributed by atoms with van der Waals surface area (Å²) in [6, 6.07) is 13.6. The number of aromatic nitrogens is 2. The number of nitrogens with zero attached hydrogens (tertiary/aromatic N) is 3. The highest BCUT2D eigenvalue weighted by Crippen LogP contribution is 2.19. The maximum atomic E-state index is 12.4. The van der Waals surface area contributed by atoms with Crippen LogP contribution in [0.2, 0.25) is 5.28 Å². The number of amides is 1. The minimum absolute atomic E-state index is 0.172. The van der Waals surface area contributed by atoms with E-state index in [0.29, 0.717) is 23.6 Å². The second kappa shape index (κ2) is 8.87. The zero-order chi connectivity index (χ0) is 19.2. The molecule has 0 aliphatic rings. The Balaban J connectivity index is 1.68. The van der Waals surface area contributed by atoms with Crippen molar-refractivity contribution in [1.82, 2.24) is 9.97 Å². The van der Waals surface area contributed by atoms with Crippen molar-refractivity contribution in [3.63, 3.8) is 0 Å². The Kier molecular flexibility index (Phi) is 6.30. The molecule has 0 radical (unpaired) electrons. The predicted molar refractivity (Wildman–Crippen MR) is 113 cm³/mol. The molecule has 3 aromatic rings. The maximum Gasteiger partial charge on any atom is 0.255 e. The summed E-state index contributed by atoms with van der Waals surface area (Å²) in [6.07, 6.45) is 1.64. The molecule has 1 aromatic heterocycles. The van der Waals surface area contributed by atoms with Gasteiger partial charge in [0, 0.05) is 24.0 Å². The number of hydrogen-bond acceptors (Lipinski definition) is 6. The average molecular weight is 494 g/mol. The number of carbonyl (C=O) groups excluding carboxylic acids is 1. The third-order valence-corrected chi connectivity index (χ3v) is 4.54. The van der Waals surface area contributed by atoms with Crippen molar-refractivity contribution in [2.45, 2.75) is 6.54 Å². The fraction of sp³-hybridized carbons (Fsp3) is 0.0556. The van der Waals surface area contributed by atoms with Crippen molar-refractivity contribution < 1.29 is 4.79 Å². The number of nitrogens with one attached hydrogen (secondary N) is 2. The van der Waals surface area contributed by atoms with Crippen LogP contribution in [0.5, 0.6) is 0 Å². The number of anilines is 2. The molecule has 9 heteroatoms. The quantitative estimate of drug-likeness (QED) is 0.286. The van der Waals surface area contributed by atoms with Crippen molar-refractivity contribution in [1.29, 1.82) is 0 Å². The van der Waals surface area contributed by atoms with Gasteiger partial charge in [-0.15, -0.1) is 4.91 Å². The van der Waals surface area contributed by atoms with Gasteiger partial charge in [0.05, 0.1) is 3.57 Å². The van der Waals surface area contributed by atoms with E-state index < -0.39 is 0 Å². The van der Waals surface area contributed by atoms with Crippen molar-refractivity contribution in [2.24, 2.45) is 5.18 Å². The zero-order valence-corrected chi connectivity index (χ0v) is 16.7. The van der Waals surface area contributed by atoms with Crippen LogP contribution in [0.3, 0.4) is 0 Å². The van der Waals surface area contributed by atoms with Crippen LogP contribution < -0.4 is 10.6 Å². The molecule has 27 heavy (non-hydrogen) atoms. The van der Waals surface area contributed by atoms with E-state index in [1.807, 2.05) is 18.2 Å². The summed E-state index contributed by atoms with van der Waals surface area (Å²) in [5.74, 6) is 0.325. The van der Waals surface area contributed by atoms with E-state index in [4.69, 9.17) is 11.6 Å². The van der Waals surface area contributed by atoms with Gasteiger partial charge in [-0.05, 0) is 75.3 Å². The molecule has 2 aromatic carbocycles. The number of halogens is 2. The molecule has 136 valence electrons. The second-order valence-corrected chi connectivity index (χ2v) is 6.99.